The van der Waals surface area contributed by atoms with Crippen LogP contribution in [0.2, 0.25) is 5.02 Å². The van der Waals surface area contributed by atoms with Gasteiger partial charge in [-0.25, -0.2) is 9.37 Å². The number of aromatic amines is 1. The molecule has 4 aromatic rings. The lowest BCUT2D eigenvalue weighted by atomic mass is 10.1. The van der Waals surface area contributed by atoms with Crippen molar-refractivity contribution >= 4 is 45.3 Å². The van der Waals surface area contributed by atoms with Gasteiger partial charge in [-0.1, -0.05) is 11.6 Å². The van der Waals surface area contributed by atoms with E-state index in [0.717, 1.165) is 35.4 Å². The van der Waals surface area contributed by atoms with Crippen molar-refractivity contribution in [2.75, 3.05) is 23.3 Å². The van der Waals surface area contributed by atoms with E-state index in [4.69, 9.17) is 11.6 Å². The van der Waals surface area contributed by atoms with Crippen LogP contribution in [0.4, 0.5) is 21.6 Å². The van der Waals surface area contributed by atoms with E-state index in [1.54, 1.807) is 16.8 Å². The summed E-state index contributed by atoms with van der Waals surface area (Å²) < 4.78 is 16.1. The molecule has 156 valence electrons. The third-order valence-electron chi connectivity index (χ3n) is 5.41. The molecule has 3 aromatic heterocycles. The Kier molecular flexibility index (Phi) is 4.56. The van der Waals surface area contributed by atoms with Crippen molar-refractivity contribution in [1.82, 2.24) is 24.9 Å². The van der Waals surface area contributed by atoms with Crippen molar-refractivity contribution < 1.29 is 4.39 Å². The van der Waals surface area contributed by atoms with Crippen molar-refractivity contribution in [2.24, 2.45) is 0 Å². The third kappa shape index (κ3) is 3.36. The largest absolute Gasteiger partial charge is 0.368 e. The summed E-state index contributed by atoms with van der Waals surface area (Å²) in [4.78, 5) is 6.52. The third-order valence-corrected chi connectivity index (χ3v) is 5.71. The molecule has 7 nitrogen and oxygen atoms in total. The smallest absolute Gasteiger partial charge is 0.173 e. The molecule has 4 heterocycles. The molecule has 0 bridgehead atoms. The van der Waals surface area contributed by atoms with Gasteiger partial charge in [-0.2, -0.15) is 5.10 Å². The molecular formula is C21H23ClFN7. The normalized spacial score (nSPS) is 19.7. The minimum absolute atomic E-state index is 0.298. The van der Waals surface area contributed by atoms with Gasteiger partial charge in [-0.05, 0) is 32.9 Å². The maximum Gasteiger partial charge on any atom is 0.173 e. The Morgan fingerprint density at radius 2 is 1.93 bits per heavy atom. The molecule has 1 fully saturated rings. The molecule has 9 heteroatoms. The Bertz CT molecular complexity index is 1240. The Labute approximate surface area is 178 Å². The topological polar surface area (TPSA) is 73.3 Å². The van der Waals surface area contributed by atoms with Crippen molar-refractivity contribution in [3.63, 3.8) is 0 Å². The molecule has 1 saturated heterocycles. The molecule has 3 N–H and O–H groups in total. The second kappa shape index (κ2) is 7.14. The molecule has 2 atom stereocenters. The Hall–Kier alpha value is -2.84. The van der Waals surface area contributed by atoms with Gasteiger partial charge in [0, 0.05) is 49.3 Å². The first-order chi connectivity index (χ1) is 14.4. The molecule has 1 aliphatic rings. The van der Waals surface area contributed by atoms with Gasteiger partial charge in [-0.3, -0.25) is 5.10 Å². The number of fused-ring (bicyclic) bond motifs is 2. The predicted molar refractivity (Wildman–Crippen MR) is 119 cm³/mol. The van der Waals surface area contributed by atoms with Crippen LogP contribution >= 0.6 is 11.6 Å². The summed E-state index contributed by atoms with van der Waals surface area (Å²) in [7, 11) is 0. The molecule has 1 aliphatic heterocycles. The van der Waals surface area contributed by atoms with E-state index in [1.165, 1.54) is 6.07 Å². The first-order valence-corrected chi connectivity index (χ1v) is 10.4. The van der Waals surface area contributed by atoms with Crippen molar-refractivity contribution in [1.29, 1.82) is 0 Å². The lowest BCUT2D eigenvalue weighted by Gasteiger charge is -2.37. The molecule has 0 amide bonds. The minimum atomic E-state index is -0.400. The number of pyridine rings is 1. The van der Waals surface area contributed by atoms with E-state index >= 15 is 0 Å². The molecule has 0 saturated carbocycles. The first-order valence-electron chi connectivity index (χ1n) is 9.98. The highest BCUT2D eigenvalue weighted by Gasteiger charge is 2.23. The van der Waals surface area contributed by atoms with Crippen LogP contribution < -0.4 is 15.5 Å². The number of halogens is 2. The number of benzene rings is 1. The standard InChI is InChI=1S/C21H23ClFN7/c1-11-7-29(8-12(2)24-11)15-5-16(22)19-18(6-15)27-28-20(19)26-14-4-17(23)21-25-13(3)9-30(21)10-14/h4-6,9-12,24H,7-8H2,1-3H3,(H2,26,27,28)/t11-,12-/m1/s1. The molecule has 1 aromatic carbocycles. The molecule has 0 aliphatic carbocycles. The summed E-state index contributed by atoms with van der Waals surface area (Å²) in [5.74, 6) is 0.155. The number of hydrogen-bond acceptors (Lipinski definition) is 5. The van der Waals surface area contributed by atoms with Crippen LogP contribution in [0.1, 0.15) is 19.5 Å². The number of hydrogen-bond donors (Lipinski definition) is 3. The zero-order valence-electron chi connectivity index (χ0n) is 17.0. The van der Waals surface area contributed by atoms with Crippen LogP contribution in [0, 0.1) is 12.7 Å². The lowest BCUT2D eigenvalue weighted by Crippen LogP contribution is -2.54. The Morgan fingerprint density at radius 1 is 1.17 bits per heavy atom. The molecule has 0 radical (unpaired) electrons. The number of H-pyrrole nitrogens is 1. The van der Waals surface area contributed by atoms with E-state index in [1.807, 2.05) is 13.0 Å². The van der Waals surface area contributed by atoms with Crippen LogP contribution in [0.15, 0.2) is 30.6 Å². The number of imidazole rings is 1. The molecule has 0 spiro atoms. The Balaban J connectivity index is 1.49. The van der Waals surface area contributed by atoms with Gasteiger partial charge >= 0.3 is 0 Å². The second-order valence-electron chi connectivity index (χ2n) is 8.11. The van der Waals surface area contributed by atoms with Gasteiger partial charge < -0.3 is 19.9 Å². The van der Waals surface area contributed by atoms with Crippen LogP contribution in [0.25, 0.3) is 16.6 Å². The quantitative estimate of drug-likeness (QED) is 0.456. The summed E-state index contributed by atoms with van der Waals surface area (Å²) in [5, 5.41) is 15.5. The Morgan fingerprint density at radius 3 is 2.70 bits per heavy atom. The lowest BCUT2D eigenvalue weighted by molar-refractivity contribution is 0.407. The highest BCUT2D eigenvalue weighted by molar-refractivity contribution is 6.36. The number of nitrogens with one attached hydrogen (secondary N) is 3. The van der Waals surface area contributed by atoms with Gasteiger partial charge in [0.1, 0.15) is 0 Å². The van der Waals surface area contributed by atoms with Gasteiger partial charge in [-0.15, -0.1) is 0 Å². The zero-order chi connectivity index (χ0) is 21.0. The molecule has 0 unspecified atom stereocenters. The fourth-order valence-electron chi connectivity index (χ4n) is 4.29. The maximum absolute atomic E-state index is 14.4. The average molecular weight is 428 g/mol. The van der Waals surface area contributed by atoms with Crippen LogP contribution in [-0.2, 0) is 0 Å². The van der Waals surface area contributed by atoms with E-state index in [0.29, 0.717) is 34.3 Å². The highest BCUT2D eigenvalue weighted by Crippen LogP contribution is 2.35. The SMILES string of the molecule is Cc1cn2cc(Nc3n[nH]c4cc(N5C[C@@H](C)N[C@H](C)C5)cc(Cl)c34)cc(F)c2n1. The number of nitrogens with zero attached hydrogens (tertiary/aromatic N) is 4. The van der Waals surface area contributed by atoms with Crippen LogP contribution in [0.3, 0.4) is 0 Å². The summed E-state index contributed by atoms with van der Waals surface area (Å²) in [6, 6.07) is 6.25. The number of aryl methyl sites for hydroxylation is 1. The van der Waals surface area contributed by atoms with Crippen molar-refractivity contribution in [3.05, 3.63) is 47.1 Å². The fraction of sp³-hybridized carbons (Fsp3) is 0.333. The van der Waals surface area contributed by atoms with Gasteiger partial charge in [0.25, 0.3) is 0 Å². The summed E-state index contributed by atoms with van der Waals surface area (Å²) in [6.45, 7) is 8.01. The second-order valence-corrected chi connectivity index (χ2v) is 8.52. The van der Waals surface area contributed by atoms with E-state index in [9.17, 15) is 4.39 Å². The molecule has 5 rings (SSSR count). The summed E-state index contributed by atoms with van der Waals surface area (Å²) >= 11 is 6.67. The number of rotatable bonds is 3. The van der Waals surface area contributed by atoms with Gasteiger partial charge in [0.15, 0.2) is 17.3 Å². The number of anilines is 3. The molecular weight excluding hydrogens is 405 g/mol. The van der Waals surface area contributed by atoms with Crippen molar-refractivity contribution in [3.8, 4) is 0 Å². The predicted octanol–water partition coefficient (Wildman–Crippen LogP) is 4.24. The van der Waals surface area contributed by atoms with E-state index in [-0.39, 0.29) is 0 Å². The summed E-state index contributed by atoms with van der Waals surface area (Å²) in [5.41, 5.74) is 3.51. The summed E-state index contributed by atoms with van der Waals surface area (Å²) in [6.07, 6.45) is 3.56. The highest BCUT2D eigenvalue weighted by atomic mass is 35.5. The molecule has 30 heavy (non-hydrogen) atoms. The monoisotopic (exact) mass is 427 g/mol. The van der Waals surface area contributed by atoms with Gasteiger partial charge in [0.2, 0.25) is 0 Å². The van der Waals surface area contributed by atoms with Gasteiger partial charge in [0.05, 0.1) is 27.3 Å². The zero-order valence-corrected chi connectivity index (χ0v) is 17.8. The maximum atomic E-state index is 14.4. The number of piperazine rings is 1. The minimum Gasteiger partial charge on any atom is -0.368 e. The van der Waals surface area contributed by atoms with E-state index in [2.05, 4.69) is 50.6 Å². The number of aromatic nitrogens is 4. The average Bonchev–Trinajstić information content (AvgIpc) is 3.24. The first kappa shape index (κ1) is 19.1. The van der Waals surface area contributed by atoms with Crippen LogP contribution in [0.5, 0.6) is 0 Å². The fourth-order valence-corrected chi connectivity index (χ4v) is 4.59. The van der Waals surface area contributed by atoms with E-state index < -0.39 is 5.82 Å². The van der Waals surface area contributed by atoms with Crippen molar-refractivity contribution in [2.45, 2.75) is 32.9 Å². The van der Waals surface area contributed by atoms with Crippen LogP contribution in [-0.4, -0.2) is 44.8 Å².